The van der Waals surface area contributed by atoms with Gasteiger partial charge in [0.25, 0.3) is 5.91 Å². The molecule has 0 bridgehead atoms. The molecule has 0 unspecified atom stereocenters. The monoisotopic (exact) mass is 494 g/mol. The fourth-order valence-electron chi connectivity index (χ4n) is 3.13. The Bertz CT molecular complexity index is 1350. The van der Waals surface area contributed by atoms with Crippen molar-refractivity contribution in [3.8, 4) is 28.7 Å². The van der Waals surface area contributed by atoms with Gasteiger partial charge in [-0.15, -0.1) is 10.2 Å². The zero-order valence-corrected chi connectivity index (χ0v) is 20.0. The first-order valence-electron chi connectivity index (χ1n) is 10.3. The van der Waals surface area contributed by atoms with E-state index in [0.717, 1.165) is 12.8 Å². The predicted octanol–water partition coefficient (Wildman–Crippen LogP) is 1.72. The number of methoxy groups -OCH3 is 1. The van der Waals surface area contributed by atoms with Gasteiger partial charge >= 0.3 is 0 Å². The molecule has 11 heteroatoms. The second-order valence-electron chi connectivity index (χ2n) is 7.33. The van der Waals surface area contributed by atoms with Crippen molar-refractivity contribution in [2.24, 2.45) is 16.9 Å². The van der Waals surface area contributed by atoms with Gasteiger partial charge in [-0.3, -0.25) is 10.1 Å². The van der Waals surface area contributed by atoms with Crippen LogP contribution in [0.3, 0.4) is 0 Å². The molecule has 0 aliphatic heterocycles. The van der Waals surface area contributed by atoms with Gasteiger partial charge in [-0.25, -0.2) is 9.98 Å². The number of amides is 1. The molecule has 3 aromatic rings. The van der Waals surface area contributed by atoms with Crippen molar-refractivity contribution in [1.29, 1.82) is 0 Å². The van der Waals surface area contributed by atoms with Crippen LogP contribution >= 0.6 is 22.9 Å². The van der Waals surface area contributed by atoms with Crippen molar-refractivity contribution >= 4 is 45.9 Å². The van der Waals surface area contributed by atoms with E-state index in [0.29, 0.717) is 49.8 Å². The number of pyridine rings is 1. The van der Waals surface area contributed by atoms with Crippen LogP contribution in [0.15, 0.2) is 35.6 Å². The van der Waals surface area contributed by atoms with Gasteiger partial charge in [0.2, 0.25) is 5.13 Å². The summed E-state index contributed by atoms with van der Waals surface area (Å²) in [5.41, 5.74) is 2.69. The van der Waals surface area contributed by atoms with Crippen molar-refractivity contribution in [2.45, 2.75) is 12.8 Å². The SMILES string of the molecule is C[NH+]=C/C(=N\N)c1ccc(C(=O)Nc2nnc(C#CC3CC3)s2)c(-c2cc(Cl)ncc2OC)c1. The lowest BCUT2D eigenvalue weighted by molar-refractivity contribution is -0.412. The van der Waals surface area contributed by atoms with Gasteiger partial charge < -0.3 is 10.6 Å². The van der Waals surface area contributed by atoms with Gasteiger partial charge in [-0.1, -0.05) is 34.9 Å². The fourth-order valence-corrected chi connectivity index (χ4v) is 3.88. The molecule has 2 heterocycles. The Labute approximate surface area is 205 Å². The van der Waals surface area contributed by atoms with Crippen molar-refractivity contribution in [1.82, 2.24) is 15.2 Å². The molecule has 1 aliphatic carbocycles. The zero-order valence-electron chi connectivity index (χ0n) is 18.4. The largest absolute Gasteiger partial charge is 0.494 e. The van der Waals surface area contributed by atoms with E-state index in [1.165, 1.54) is 24.6 Å². The van der Waals surface area contributed by atoms with Crippen LogP contribution in [0.1, 0.15) is 33.8 Å². The molecule has 1 amide bonds. The van der Waals surface area contributed by atoms with E-state index >= 15 is 0 Å². The highest BCUT2D eigenvalue weighted by Gasteiger charge is 2.21. The first-order chi connectivity index (χ1) is 16.5. The Balaban J connectivity index is 1.73. The summed E-state index contributed by atoms with van der Waals surface area (Å²) in [4.78, 5) is 20.3. The van der Waals surface area contributed by atoms with Gasteiger partial charge in [-0.05, 0) is 42.5 Å². The fraction of sp³-hybridized carbons (Fsp3) is 0.217. The number of nitrogens with zero attached hydrogens (tertiary/aromatic N) is 4. The van der Waals surface area contributed by atoms with Gasteiger partial charge in [-0.2, -0.15) is 5.10 Å². The van der Waals surface area contributed by atoms with Crippen LogP contribution in [0, 0.1) is 17.8 Å². The van der Waals surface area contributed by atoms with Crippen molar-refractivity contribution in [2.75, 3.05) is 19.5 Å². The molecule has 1 fully saturated rings. The van der Waals surface area contributed by atoms with E-state index in [4.69, 9.17) is 22.2 Å². The standard InChI is InChI=1S/C23H20ClN7O2S/c1-26-11-18(29-25)14-6-7-15(16(9-14)17-10-20(24)27-12-19(17)33-2)22(32)28-23-31-30-21(34-23)8-5-13-3-4-13/h6-7,9-13H,3-4,25H2,1-2H3,(H,28,31,32)/p+1/b26-11?,29-18+. The number of rotatable bonds is 6. The second kappa shape index (κ2) is 10.4. The number of halogens is 1. The second-order valence-corrected chi connectivity index (χ2v) is 8.69. The minimum Gasteiger partial charge on any atom is -0.494 e. The number of nitrogens with two attached hydrogens (primary N) is 1. The average molecular weight is 495 g/mol. The van der Waals surface area contributed by atoms with Crippen LogP contribution in [-0.2, 0) is 0 Å². The Hall–Kier alpha value is -3.81. The van der Waals surface area contributed by atoms with Crippen LogP contribution in [0.4, 0.5) is 5.13 Å². The van der Waals surface area contributed by atoms with E-state index in [1.807, 2.05) is 0 Å². The third kappa shape index (κ3) is 5.39. The molecule has 0 atom stereocenters. The molecule has 0 saturated heterocycles. The van der Waals surface area contributed by atoms with E-state index in [2.05, 4.69) is 42.4 Å². The Morgan fingerprint density at radius 1 is 1.35 bits per heavy atom. The minimum atomic E-state index is -0.377. The number of hydrazone groups is 1. The first kappa shape index (κ1) is 23.4. The lowest BCUT2D eigenvalue weighted by Crippen LogP contribution is -2.64. The molecule has 9 nitrogen and oxygen atoms in total. The molecule has 34 heavy (non-hydrogen) atoms. The van der Waals surface area contributed by atoms with Crippen molar-refractivity contribution in [3.05, 3.63) is 51.7 Å². The summed E-state index contributed by atoms with van der Waals surface area (Å²) >= 11 is 7.39. The van der Waals surface area contributed by atoms with Crippen LogP contribution < -0.4 is 20.9 Å². The molecular weight excluding hydrogens is 474 g/mol. The van der Waals surface area contributed by atoms with E-state index in [1.54, 1.807) is 37.5 Å². The number of aromatic nitrogens is 3. The average Bonchev–Trinajstić information content (AvgIpc) is 3.58. The number of ether oxygens (including phenoxy) is 1. The summed E-state index contributed by atoms with van der Waals surface area (Å²) in [7, 11) is 3.26. The maximum Gasteiger partial charge on any atom is 0.258 e. The summed E-state index contributed by atoms with van der Waals surface area (Å²) in [6.45, 7) is 0. The van der Waals surface area contributed by atoms with Gasteiger partial charge in [0.05, 0.1) is 13.3 Å². The number of benzene rings is 1. The lowest BCUT2D eigenvalue weighted by Gasteiger charge is -2.14. The summed E-state index contributed by atoms with van der Waals surface area (Å²) in [5, 5.41) is 15.9. The number of hydrogen-bond donors (Lipinski definition) is 3. The molecule has 172 valence electrons. The smallest absolute Gasteiger partial charge is 0.258 e. The summed E-state index contributed by atoms with van der Waals surface area (Å²) in [5.74, 6) is 12.2. The normalized spacial score (nSPS) is 13.4. The Kier molecular flexibility index (Phi) is 7.15. The van der Waals surface area contributed by atoms with E-state index in [9.17, 15) is 4.79 Å². The topological polar surface area (TPSA) is 129 Å². The maximum atomic E-state index is 13.3. The molecule has 2 aromatic heterocycles. The molecule has 0 spiro atoms. The van der Waals surface area contributed by atoms with Crippen LogP contribution in [0.5, 0.6) is 5.75 Å². The van der Waals surface area contributed by atoms with Crippen molar-refractivity contribution < 1.29 is 14.5 Å². The van der Waals surface area contributed by atoms with E-state index in [-0.39, 0.29) is 11.1 Å². The van der Waals surface area contributed by atoms with E-state index < -0.39 is 0 Å². The van der Waals surface area contributed by atoms with Crippen LogP contribution in [-0.4, -0.2) is 47.2 Å². The number of carbonyl (C=O) groups excluding carboxylic acids is 1. The Morgan fingerprint density at radius 2 is 2.18 bits per heavy atom. The number of carbonyl (C=O) groups is 1. The third-order valence-corrected chi connectivity index (χ3v) is 5.89. The molecule has 4 rings (SSSR count). The van der Waals surface area contributed by atoms with Crippen LogP contribution in [0.2, 0.25) is 5.15 Å². The Morgan fingerprint density at radius 3 is 2.88 bits per heavy atom. The molecule has 1 saturated carbocycles. The molecular formula is C23H21ClN7O2S+. The summed E-state index contributed by atoms with van der Waals surface area (Å²) < 4.78 is 5.47. The predicted molar refractivity (Wildman–Crippen MR) is 132 cm³/mol. The van der Waals surface area contributed by atoms with Gasteiger partial charge in [0.15, 0.2) is 16.9 Å². The lowest BCUT2D eigenvalue weighted by atomic mass is 9.95. The molecule has 0 radical (unpaired) electrons. The third-order valence-electron chi connectivity index (χ3n) is 4.93. The highest BCUT2D eigenvalue weighted by molar-refractivity contribution is 7.15. The highest BCUT2D eigenvalue weighted by Crippen LogP contribution is 2.35. The number of hydrogen-bond acceptors (Lipinski definition) is 8. The highest BCUT2D eigenvalue weighted by atomic mass is 35.5. The molecule has 1 aliphatic rings. The summed E-state index contributed by atoms with van der Waals surface area (Å²) in [6.07, 6.45) is 5.40. The maximum absolute atomic E-state index is 13.3. The van der Waals surface area contributed by atoms with Gasteiger partial charge in [0.1, 0.15) is 18.0 Å². The van der Waals surface area contributed by atoms with Crippen LogP contribution in [0.25, 0.3) is 11.1 Å². The van der Waals surface area contributed by atoms with Crippen molar-refractivity contribution in [3.63, 3.8) is 0 Å². The number of anilines is 1. The zero-order chi connectivity index (χ0) is 24.1. The summed E-state index contributed by atoms with van der Waals surface area (Å²) in [6, 6.07) is 6.85. The first-order valence-corrected chi connectivity index (χ1v) is 11.5. The number of nitrogens with one attached hydrogen (secondary N) is 2. The molecule has 1 aromatic carbocycles. The molecule has 4 N–H and O–H groups in total. The van der Waals surface area contributed by atoms with Gasteiger partial charge in [0, 0.05) is 22.6 Å². The quantitative estimate of drug-likeness (QED) is 0.157. The minimum absolute atomic E-state index is 0.255.